The van der Waals surface area contributed by atoms with Crippen LogP contribution in [0.15, 0.2) is 53.0 Å². The van der Waals surface area contributed by atoms with Crippen molar-refractivity contribution < 1.29 is 23.5 Å². The molecule has 2 aromatic rings. The van der Waals surface area contributed by atoms with Crippen LogP contribution >= 0.6 is 15.9 Å². The van der Waals surface area contributed by atoms with Gasteiger partial charge in [-0.05, 0) is 36.4 Å². The van der Waals surface area contributed by atoms with Crippen LogP contribution in [0.1, 0.15) is 16.8 Å². The Bertz CT molecular complexity index is 721. The van der Waals surface area contributed by atoms with Crippen LogP contribution in [-0.4, -0.2) is 31.6 Å². The molecule has 2 rings (SSSR count). The number of carbonyl (C=O) groups excluding carboxylic acids is 2. The zero-order chi connectivity index (χ0) is 18.1. The minimum absolute atomic E-state index is 0.00776. The van der Waals surface area contributed by atoms with Crippen LogP contribution in [0, 0.1) is 5.82 Å². The number of ether oxygens (including phenoxy) is 2. The summed E-state index contributed by atoms with van der Waals surface area (Å²) in [6, 6.07) is 12.9. The molecule has 0 fully saturated rings. The first-order valence-corrected chi connectivity index (χ1v) is 8.42. The fourth-order valence-electron chi connectivity index (χ4n) is 1.92. The highest BCUT2D eigenvalue weighted by Gasteiger charge is 2.08. The van der Waals surface area contributed by atoms with E-state index in [-0.39, 0.29) is 37.8 Å². The van der Waals surface area contributed by atoms with Gasteiger partial charge in [0.1, 0.15) is 13.2 Å². The predicted octanol–water partition coefficient (Wildman–Crippen LogP) is 3.33. The van der Waals surface area contributed by atoms with Crippen LogP contribution in [0.2, 0.25) is 0 Å². The number of carbonyl (C=O) groups is 2. The van der Waals surface area contributed by atoms with Gasteiger partial charge < -0.3 is 14.8 Å². The van der Waals surface area contributed by atoms with E-state index in [0.29, 0.717) is 5.56 Å². The third kappa shape index (κ3) is 6.54. The summed E-state index contributed by atoms with van der Waals surface area (Å²) in [7, 11) is 0. The van der Waals surface area contributed by atoms with E-state index in [4.69, 9.17) is 9.47 Å². The molecule has 2 aromatic carbocycles. The lowest BCUT2D eigenvalue weighted by atomic mass is 10.2. The minimum Gasteiger partial charge on any atom is -0.487 e. The van der Waals surface area contributed by atoms with Gasteiger partial charge in [-0.15, -0.1) is 0 Å². The number of halogens is 2. The molecule has 0 spiro atoms. The van der Waals surface area contributed by atoms with Crippen molar-refractivity contribution in [1.82, 2.24) is 5.32 Å². The zero-order valence-electron chi connectivity index (χ0n) is 13.3. The zero-order valence-corrected chi connectivity index (χ0v) is 14.9. The summed E-state index contributed by atoms with van der Waals surface area (Å²) < 4.78 is 24.3. The topological polar surface area (TPSA) is 64.6 Å². The number of benzene rings is 2. The maximum absolute atomic E-state index is 13.3. The van der Waals surface area contributed by atoms with Crippen molar-refractivity contribution in [2.45, 2.75) is 6.42 Å². The highest BCUT2D eigenvalue weighted by Crippen LogP contribution is 2.15. The van der Waals surface area contributed by atoms with E-state index in [2.05, 4.69) is 21.2 Å². The first-order chi connectivity index (χ1) is 12.1. The van der Waals surface area contributed by atoms with Crippen LogP contribution in [0.5, 0.6) is 5.75 Å². The van der Waals surface area contributed by atoms with Gasteiger partial charge in [0.25, 0.3) is 5.91 Å². The van der Waals surface area contributed by atoms with Gasteiger partial charge in [0.05, 0.1) is 6.42 Å². The smallest absolute Gasteiger partial charge is 0.307 e. The Morgan fingerprint density at radius 2 is 1.76 bits per heavy atom. The van der Waals surface area contributed by atoms with E-state index in [1.54, 1.807) is 36.4 Å². The molecular formula is C18H17BrFNO4. The average molecular weight is 410 g/mol. The van der Waals surface area contributed by atoms with Crippen molar-refractivity contribution >= 4 is 27.8 Å². The first kappa shape index (κ1) is 18.9. The van der Waals surface area contributed by atoms with Crippen LogP contribution in [-0.2, 0) is 9.53 Å². The summed E-state index contributed by atoms with van der Waals surface area (Å²) in [4.78, 5) is 23.4. The second kappa shape index (κ2) is 9.78. The molecule has 0 unspecified atom stereocenters. The number of nitrogens with one attached hydrogen (secondary N) is 1. The number of para-hydroxylation sites is 1. The van der Waals surface area contributed by atoms with Crippen molar-refractivity contribution in [3.8, 4) is 5.75 Å². The lowest BCUT2D eigenvalue weighted by molar-refractivity contribution is -0.144. The standard InChI is InChI=1S/C18H17BrFNO4/c19-14-7-5-13(6-8-14)18(23)21-10-9-17(22)25-12-11-24-16-4-2-1-3-15(16)20/h1-8H,9-12H2,(H,21,23). The molecule has 1 amide bonds. The molecular weight excluding hydrogens is 393 g/mol. The number of esters is 1. The second-order valence-corrected chi connectivity index (χ2v) is 5.93. The van der Waals surface area contributed by atoms with Crippen LogP contribution in [0.3, 0.4) is 0 Å². The summed E-state index contributed by atoms with van der Waals surface area (Å²) in [6.45, 7) is 0.230. The Kier molecular flexibility index (Phi) is 7.40. The average Bonchev–Trinajstić information content (AvgIpc) is 2.60. The Morgan fingerprint density at radius 3 is 2.48 bits per heavy atom. The Hall–Kier alpha value is -2.41. The van der Waals surface area contributed by atoms with E-state index >= 15 is 0 Å². The van der Waals surface area contributed by atoms with E-state index in [0.717, 1.165) is 4.47 Å². The van der Waals surface area contributed by atoms with Gasteiger partial charge in [0.15, 0.2) is 11.6 Å². The number of amides is 1. The Labute approximate surface area is 153 Å². The Balaban J connectivity index is 1.60. The van der Waals surface area contributed by atoms with Gasteiger partial charge in [-0.2, -0.15) is 0 Å². The Morgan fingerprint density at radius 1 is 1.04 bits per heavy atom. The molecule has 0 bridgehead atoms. The van der Waals surface area contributed by atoms with E-state index in [1.807, 2.05) is 0 Å². The number of hydrogen-bond acceptors (Lipinski definition) is 4. The van der Waals surface area contributed by atoms with Gasteiger partial charge in [-0.1, -0.05) is 28.1 Å². The molecule has 25 heavy (non-hydrogen) atoms. The molecule has 5 nitrogen and oxygen atoms in total. The molecule has 1 N–H and O–H groups in total. The van der Waals surface area contributed by atoms with Crippen molar-refractivity contribution in [3.63, 3.8) is 0 Å². The summed E-state index contributed by atoms with van der Waals surface area (Å²) in [5.41, 5.74) is 0.509. The predicted molar refractivity (Wildman–Crippen MR) is 93.9 cm³/mol. The normalized spacial score (nSPS) is 10.2. The molecule has 0 aliphatic heterocycles. The monoisotopic (exact) mass is 409 g/mol. The molecule has 0 radical (unpaired) electrons. The fraction of sp³-hybridized carbons (Fsp3) is 0.222. The highest BCUT2D eigenvalue weighted by molar-refractivity contribution is 9.10. The van der Waals surface area contributed by atoms with Crippen LogP contribution in [0.4, 0.5) is 4.39 Å². The summed E-state index contributed by atoms with van der Waals surface area (Å²) in [5.74, 6) is -1.08. The van der Waals surface area contributed by atoms with Gasteiger partial charge >= 0.3 is 5.97 Å². The van der Waals surface area contributed by atoms with E-state index < -0.39 is 11.8 Å². The number of hydrogen-bond donors (Lipinski definition) is 1. The van der Waals surface area contributed by atoms with Gasteiger partial charge in [-0.25, -0.2) is 4.39 Å². The van der Waals surface area contributed by atoms with E-state index in [1.165, 1.54) is 12.1 Å². The number of rotatable bonds is 8. The molecule has 0 saturated heterocycles. The second-order valence-electron chi connectivity index (χ2n) is 5.01. The van der Waals surface area contributed by atoms with Gasteiger partial charge in [-0.3, -0.25) is 9.59 Å². The van der Waals surface area contributed by atoms with Crippen LogP contribution in [0.25, 0.3) is 0 Å². The maximum Gasteiger partial charge on any atom is 0.307 e. The molecule has 0 aliphatic rings. The third-order valence-corrected chi connectivity index (χ3v) is 3.69. The maximum atomic E-state index is 13.3. The van der Waals surface area contributed by atoms with Gasteiger partial charge in [0, 0.05) is 16.6 Å². The van der Waals surface area contributed by atoms with Crippen LogP contribution < -0.4 is 10.1 Å². The molecule has 0 heterocycles. The first-order valence-electron chi connectivity index (χ1n) is 7.63. The summed E-state index contributed by atoms with van der Waals surface area (Å²) in [6.07, 6.45) is 0.0436. The van der Waals surface area contributed by atoms with Crippen molar-refractivity contribution in [1.29, 1.82) is 0 Å². The largest absolute Gasteiger partial charge is 0.487 e. The SMILES string of the molecule is O=C(CCNC(=O)c1ccc(Br)cc1)OCCOc1ccccc1F. The molecule has 132 valence electrons. The fourth-order valence-corrected chi connectivity index (χ4v) is 2.19. The summed E-state index contributed by atoms with van der Waals surface area (Å²) in [5, 5.41) is 2.64. The molecule has 7 heteroatoms. The lowest BCUT2D eigenvalue weighted by Crippen LogP contribution is -2.26. The highest BCUT2D eigenvalue weighted by atomic mass is 79.9. The molecule has 0 aromatic heterocycles. The van der Waals surface area contributed by atoms with Crippen molar-refractivity contribution in [3.05, 3.63) is 64.4 Å². The quantitative estimate of drug-likeness (QED) is 0.536. The minimum atomic E-state index is -0.468. The third-order valence-electron chi connectivity index (χ3n) is 3.16. The van der Waals surface area contributed by atoms with Crippen molar-refractivity contribution in [2.75, 3.05) is 19.8 Å². The van der Waals surface area contributed by atoms with Crippen molar-refractivity contribution in [2.24, 2.45) is 0 Å². The molecule has 0 saturated carbocycles. The lowest BCUT2D eigenvalue weighted by Gasteiger charge is -2.08. The summed E-state index contributed by atoms with van der Waals surface area (Å²) >= 11 is 3.29. The van der Waals surface area contributed by atoms with E-state index in [9.17, 15) is 14.0 Å². The molecule has 0 aliphatic carbocycles. The molecule has 0 atom stereocenters. The van der Waals surface area contributed by atoms with Gasteiger partial charge in [0.2, 0.25) is 0 Å².